The van der Waals surface area contributed by atoms with E-state index in [1.165, 1.54) is 5.37 Å². The molecule has 1 aromatic carbocycles. The number of nitrogens with zero attached hydrogens (tertiary/aromatic N) is 1. The lowest BCUT2D eigenvalue weighted by molar-refractivity contribution is 0.482. The molecule has 0 fully saturated rings. The van der Waals surface area contributed by atoms with Crippen LogP contribution >= 0.6 is 0 Å². The molecule has 0 aromatic heterocycles. The quantitative estimate of drug-likeness (QED) is 0.589. The van der Waals surface area contributed by atoms with E-state index in [0.717, 1.165) is 16.8 Å². The highest BCUT2D eigenvalue weighted by Gasteiger charge is 2.14. The van der Waals surface area contributed by atoms with Crippen LogP contribution in [0.5, 0.6) is 0 Å². The van der Waals surface area contributed by atoms with Crippen LogP contribution in [0.2, 0.25) is 0 Å². The van der Waals surface area contributed by atoms with E-state index in [1.54, 1.807) is 4.90 Å². The molecule has 0 atom stereocenters. The van der Waals surface area contributed by atoms with Crippen LogP contribution in [-0.2, 0) is 26.8 Å². The lowest BCUT2D eigenvalue weighted by Crippen LogP contribution is -2.30. The van der Waals surface area contributed by atoms with Gasteiger partial charge in [-0.2, -0.15) is 16.8 Å². The Morgan fingerprint density at radius 1 is 1.33 bits per heavy atom. The molecule has 1 aromatic rings. The number of anilines is 1. The molecule has 1 N–H and O–H groups in total. The molecule has 1 rings (SSSR count). The van der Waals surface area contributed by atoms with E-state index in [0.29, 0.717) is 6.54 Å². The minimum absolute atomic E-state index is 0.145. The molecule has 8 heteroatoms. The monoisotopic (exact) mass is 333 g/mol. The van der Waals surface area contributed by atoms with Gasteiger partial charge in [0, 0.05) is 30.6 Å². The molecule has 0 saturated heterocycles. The molecule has 0 heterocycles. The SMILES string of the molecule is CCN(CCS(=O)(=O)O)c1cccc(C)c1CC=S(=O)=O. The van der Waals surface area contributed by atoms with Gasteiger partial charge in [0.1, 0.15) is 0 Å². The molecule has 0 radical (unpaired) electrons. The second kappa shape index (κ2) is 7.58. The minimum Gasteiger partial charge on any atom is -0.370 e. The van der Waals surface area contributed by atoms with Crippen LogP contribution in [-0.4, -0.2) is 45.6 Å². The standard InChI is InChI=1S/C13H19NO5S2/c1-3-14(8-10-21(17,18)19)13-6-4-5-11(2)12(13)7-9-20(15)16/h4-6,9H,3,7-8,10H2,1-2H3,(H,17,18,19). The molecule has 0 unspecified atom stereocenters. The Labute approximate surface area is 126 Å². The Hall–Kier alpha value is -1.38. The maximum atomic E-state index is 10.9. The summed E-state index contributed by atoms with van der Waals surface area (Å²) in [4.78, 5) is 1.80. The predicted octanol–water partition coefficient (Wildman–Crippen LogP) is 0.933. The highest BCUT2D eigenvalue weighted by atomic mass is 32.2. The van der Waals surface area contributed by atoms with Gasteiger partial charge in [-0.15, -0.1) is 0 Å². The summed E-state index contributed by atoms with van der Waals surface area (Å²) in [6.07, 6.45) is 0.250. The Morgan fingerprint density at radius 2 is 2.00 bits per heavy atom. The van der Waals surface area contributed by atoms with Crippen molar-refractivity contribution in [2.45, 2.75) is 20.3 Å². The number of benzene rings is 1. The number of hydrogen-bond donors (Lipinski definition) is 1. The van der Waals surface area contributed by atoms with E-state index >= 15 is 0 Å². The fraction of sp³-hybridized carbons (Fsp3) is 0.462. The molecule has 0 aliphatic carbocycles. The normalized spacial score (nSPS) is 11.2. The van der Waals surface area contributed by atoms with E-state index in [4.69, 9.17) is 4.55 Å². The van der Waals surface area contributed by atoms with Crippen LogP contribution in [0.15, 0.2) is 18.2 Å². The van der Waals surface area contributed by atoms with Gasteiger partial charge in [0.2, 0.25) is 10.3 Å². The molecule has 0 amide bonds. The Morgan fingerprint density at radius 3 is 2.52 bits per heavy atom. The van der Waals surface area contributed by atoms with Crippen LogP contribution in [0.3, 0.4) is 0 Å². The average molecular weight is 333 g/mol. The summed E-state index contributed by atoms with van der Waals surface area (Å²) in [5, 5.41) is 1.17. The average Bonchev–Trinajstić information content (AvgIpc) is 2.37. The van der Waals surface area contributed by atoms with Gasteiger partial charge in [0.05, 0.1) is 5.75 Å². The van der Waals surface area contributed by atoms with Gasteiger partial charge < -0.3 is 4.90 Å². The zero-order chi connectivity index (χ0) is 16.0. The van der Waals surface area contributed by atoms with Gasteiger partial charge in [0.25, 0.3) is 10.1 Å². The van der Waals surface area contributed by atoms with E-state index in [1.807, 2.05) is 32.0 Å². The van der Waals surface area contributed by atoms with Gasteiger partial charge in [-0.25, -0.2) is 0 Å². The lowest BCUT2D eigenvalue weighted by atomic mass is 10.0. The summed E-state index contributed by atoms with van der Waals surface area (Å²) in [6.45, 7) is 4.43. The van der Waals surface area contributed by atoms with E-state index in [2.05, 4.69) is 0 Å². The molecule has 0 spiro atoms. The number of hydrogen-bond acceptors (Lipinski definition) is 5. The van der Waals surface area contributed by atoms with E-state index < -0.39 is 20.4 Å². The molecule has 118 valence electrons. The lowest BCUT2D eigenvalue weighted by Gasteiger charge is -2.26. The van der Waals surface area contributed by atoms with E-state index in [-0.39, 0.29) is 18.7 Å². The Bertz CT molecular complexity index is 715. The van der Waals surface area contributed by atoms with Crippen LogP contribution in [0.4, 0.5) is 5.69 Å². The first-order valence-corrected chi connectivity index (χ1v) is 9.19. The Kier molecular flexibility index (Phi) is 6.38. The zero-order valence-electron chi connectivity index (χ0n) is 12.0. The Balaban J connectivity index is 3.14. The number of aryl methyl sites for hydroxylation is 1. The van der Waals surface area contributed by atoms with Gasteiger partial charge in [-0.1, -0.05) is 12.1 Å². The topological polar surface area (TPSA) is 91.8 Å². The van der Waals surface area contributed by atoms with Gasteiger partial charge in [0.15, 0.2) is 0 Å². The third kappa shape index (κ3) is 5.86. The van der Waals surface area contributed by atoms with Crippen molar-refractivity contribution in [1.82, 2.24) is 0 Å². The highest BCUT2D eigenvalue weighted by molar-refractivity contribution is 7.85. The molecular weight excluding hydrogens is 314 g/mol. The molecule has 0 aliphatic heterocycles. The van der Waals surface area contributed by atoms with E-state index in [9.17, 15) is 16.8 Å². The van der Waals surface area contributed by atoms with Crippen LogP contribution in [0, 0.1) is 6.92 Å². The smallest absolute Gasteiger partial charge is 0.266 e. The summed E-state index contributed by atoms with van der Waals surface area (Å²) in [7, 11) is -6.28. The predicted molar refractivity (Wildman–Crippen MR) is 84.2 cm³/mol. The maximum absolute atomic E-state index is 10.9. The van der Waals surface area contributed by atoms with Crippen molar-refractivity contribution >= 4 is 31.5 Å². The molecule has 0 saturated carbocycles. The van der Waals surface area contributed by atoms with Crippen molar-refractivity contribution in [3.05, 3.63) is 29.3 Å². The molecular formula is C13H19NO5S2. The van der Waals surface area contributed by atoms with Crippen molar-refractivity contribution in [3.8, 4) is 0 Å². The summed E-state index contributed by atoms with van der Waals surface area (Å²) >= 11 is 0. The first-order valence-electron chi connectivity index (χ1n) is 6.44. The van der Waals surface area contributed by atoms with Crippen molar-refractivity contribution in [3.63, 3.8) is 0 Å². The summed E-state index contributed by atoms with van der Waals surface area (Å²) in [5.74, 6) is -0.370. The largest absolute Gasteiger partial charge is 0.370 e. The fourth-order valence-electron chi connectivity index (χ4n) is 2.07. The molecule has 0 bridgehead atoms. The molecule has 0 aliphatic rings. The summed E-state index contributed by atoms with van der Waals surface area (Å²) in [5.41, 5.74) is 2.54. The van der Waals surface area contributed by atoms with Crippen LogP contribution < -0.4 is 4.90 Å². The third-order valence-corrected chi connectivity index (χ3v) is 4.29. The van der Waals surface area contributed by atoms with Gasteiger partial charge >= 0.3 is 0 Å². The van der Waals surface area contributed by atoms with Gasteiger partial charge in [-0.3, -0.25) is 4.55 Å². The van der Waals surface area contributed by atoms with Crippen LogP contribution in [0.1, 0.15) is 18.1 Å². The third-order valence-electron chi connectivity index (χ3n) is 3.15. The molecule has 21 heavy (non-hydrogen) atoms. The van der Waals surface area contributed by atoms with Crippen molar-refractivity contribution in [1.29, 1.82) is 0 Å². The van der Waals surface area contributed by atoms with Gasteiger partial charge in [-0.05, 0) is 31.0 Å². The van der Waals surface area contributed by atoms with Crippen molar-refractivity contribution in [2.75, 3.05) is 23.7 Å². The number of rotatable bonds is 7. The second-order valence-corrected chi connectivity index (χ2v) is 7.00. The van der Waals surface area contributed by atoms with Crippen molar-refractivity contribution < 1.29 is 21.4 Å². The second-order valence-electron chi connectivity index (χ2n) is 4.57. The summed E-state index contributed by atoms with van der Waals surface area (Å²) < 4.78 is 52.1. The molecule has 6 nitrogen and oxygen atoms in total. The maximum Gasteiger partial charge on any atom is 0.266 e. The first-order chi connectivity index (χ1) is 9.74. The summed E-state index contributed by atoms with van der Waals surface area (Å²) in [6, 6.07) is 5.52. The first kappa shape index (κ1) is 17.7. The van der Waals surface area contributed by atoms with Crippen molar-refractivity contribution in [2.24, 2.45) is 0 Å². The minimum atomic E-state index is -4.03. The zero-order valence-corrected chi connectivity index (χ0v) is 13.6. The fourth-order valence-corrected chi connectivity index (χ4v) is 2.83. The highest BCUT2D eigenvalue weighted by Crippen LogP contribution is 2.24. The van der Waals surface area contributed by atoms with Crippen LogP contribution in [0.25, 0.3) is 0 Å².